The Bertz CT molecular complexity index is 602. The molecule has 112 valence electrons. The maximum atomic E-state index is 12.1. The van der Waals surface area contributed by atoms with E-state index < -0.39 is 0 Å². The molecule has 21 heavy (non-hydrogen) atoms. The van der Waals surface area contributed by atoms with Crippen LogP contribution in [-0.4, -0.2) is 23.1 Å². The van der Waals surface area contributed by atoms with Crippen molar-refractivity contribution in [1.29, 1.82) is 0 Å². The van der Waals surface area contributed by atoms with Crippen LogP contribution in [0, 0.1) is 6.92 Å². The highest BCUT2D eigenvalue weighted by atomic mass is 16.5. The molecular weight excluding hydrogens is 266 g/mol. The minimum Gasteiger partial charge on any atom is -0.361 e. The highest BCUT2D eigenvalue weighted by Gasteiger charge is 2.11. The smallest absolute Gasteiger partial charge is 0.321 e. The monoisotopic (exact) mass is 287 g/mol. The van der Waals surface area contributed by atoms with E-state index in [0.717, 1.165) is 17.1 Å². The molecule has 2 aromatic rings. The summed E-state index contributed by atoms with van der Waals surface area (Å²) in [6, 6.07) is 9.54. The topological polar surface area (TPSA) is 58.4 Å². The predicted octanol–water partition coefficient (Wildman–Crippen LogP) is 3.77. The van der Waals surface area contributed by atoms with Gasteiger partial charge in [0.1, 0.15) is 11.5 Å². The molecule has 5 nitrogen and oxygen atoms in total. The summed E-state index contributed by atoms with van der Waals surface area (Å²) in [5.74, 6) is 1.22. The van der Waals surface area contributed by atoms with E-state index >= 15 is 0 Å². The molecule has 0 saturated carbocycles. The van der Waals surface area contributed by atoms with Crippen LogP contribution in [-0.2, 0) is 6.54 Å². The number of nitrogens with zero attached hydrogens (tertiary/aromatic N) is 2. The van der Waals surface area contributed by atoms with Gasteiger partial charge in [-0.05, 0) is 30.5 Å². The van der Waals surface area contributed by atoms with E-state index in [-0.39, 0.29) is 6.03 Å². The molecule has 1 N–H and O–H groups in total. The van der Waals surface area contributed by atoms with Crippen molar-refractivity contribution < 1.29 is 9.32 Å². The second-order valence-corrected chi connectivity index (χ2v) is 5.49. The van der Waals surface area contributed by atoms with Crippen LogP contribution in [0.4, 0.5) is 10.5 Å². The Morgan fingerprint density at radius 3 is 2.52 bits per heavy atom. The summed E-state index contributed by atoms with van der Waals surface area (Å²) in [6.45, 7) is 6.52. The number of urea groups is 1. The lowest BCUT2D eigenvalue weighted by Gasteiger charge is -2.17. The fourth-order valence-corrected chi connectivity index (χ4v) is 1.98. The molecule has 0 aliphatic rings. The van der Waals surface area contributed by atoms with Gasteiger partial charge in [-0.25, -0.2) is 4.79 Å². The Labute approximate surface area is 124 Å². The number of hydrogen-bond acceptors (Lipinski definition) is 3. The second-order valence-electron chi connectivity index (χ2n) is 5.49. The van der Waals surface area contributed by atoms with Crippen LogP contribution < -0.4 is 5.32 Å². The quantitative estimate of drug-likeness (QED) is 0.931. The van der Waals surface area contributed by atoms with Crippen molar-refractivity contribution in [3.05, 3.63) is 47.3 Å². The zero-order chi connectivity index (χ0) is 15.4. The third-order valence-electron chi connectivity index (χ3n) is 3.25. The summed E-state index contributed by atoms with van der Waals surface area (Å²) in [6.07, 6.45) is 0. The molecule has 1 aromatic heterocycles. The second kappa shape index (κ2) is 6.43. The third kappa shape index (κ3) is 4.08. The number of anilines is 1. The number of nitrogens with one attached hydrogen (secondary N) is 1. The lowest BCUT2D eigenvalue weighted by Crippen LogP contribution is -2.30. The maximum Gasteiger partial charge on any atom is 0.321 e. The highest BCUT2D eigenvalue weighted by Crippen LogP contribution is 2.17. The van der Waals surface area contributed by atoms with Gasteiger partial charge >= 0.3 is 6.03 Å². The average Bonchev–Trinajstić information content (AvgIpc) is 2.84. The first-order valence-electron chi connectivity index (χ1n) is 7.00. The molecule has 0 unspecified atom stereocenters. The maximum absolute atomic E-state index is 12.1. The SMILES string of the molecule is Cc1cc(CN(C)C(=O)Nc2ccc(C(C)C)cc2)no1. The van der Waals surface area contributed by atoms with Crippen LogP contribution in [0.1, 0.15) is 36.8 Å². The first-order valence-corrected chi connectivity index (χ1v) is 7.00. The number of aryl methyl sites for hydroxylation is 1. The van der Waals surface area contributed by atoms with E-state index in [1.54, 1.807) is 11.9 Å². The van der Waals surface area contributed by atoms with Crippen LogP contribution in [0.3, 0.4) is 0 Å². The van der Waals surface area contributed by atoms with Crippen LogP contribution >= 0.6 is 0 Å². The van der Waals surface area contributed by atoms with Crippen molar-refractivity contribution in [3.8, 4) is 0 Å². The molecule has 0 saturated heterocycles. The van der Waals surface area contributed by atoms with Gasteiger partial charge in [0.25, 0.3) is 0 Å². The number of hydrogen-bond donors (Lipinski definition) is 1. The van der Waals surface area contributed by atoms with Gasteiger partial charge in [-0.2, -0.15) is 0 Å². The number of carbonyl (C=O) groups is 1. The van der Waals surface area contributed by atoms with Gasteiger partial charge in [0, 0.05) is 18.8 Å². The first-order chi connectivity index (χ1) is 9.95. The van der Waals surface area contributed by atoms with Crippen LogP contribution in [0.25, 0.3) is 0 Å². The molecule has 0 bridgehead atoms. The molecule has 2 rings (SSSR count). The predicted molar refractivity (Wildman–Crippen MR) is 82.3 cm³/mol. The molecule has 5 heteroatoms. The largest absolute Gasteiger partial charge is 0.361 e. The van der Waals surface area contributed by atoms with Gasteiger partial charge in [0.15, 0.2) is 0 Å². The standard InChI is InChI=1S/C16H21N3O2/c1-11(2)13-5-7-14(8-6-13)17-16(20)19(4)10-15-9-12(3)21-18-15/h5-9,11H,10H2,1-4H3,(H,17,20). The van der Waals surface area contributed by atoms with Crippen molar-refractivity contribution in [3.63, 3.8) is 0 Å². The normalized spacial score (nSPS) is 10.7. The number of amides is 2. The summed E-state index contributed by atoms with van der Waals surface area (Å²) in [5.41, 5.74) is 2.77. The van der Waals surface area contributed by atoms with E-state index in [4.69, 9.17) is 4.52 Å². The fourth-order valence-electron chi connectivity index (χ4n) is 1.98. The fraction of sp³-hybridized carbons (Fsp3) is 0.375. The van der Waals surface area contributed by atoms with Gasteiger partial charge in [0.05, 0.1) is 6.54 Å². The van der Waals surface area contributed by atoms with E-state index in [1.165, 1.54) is 5.56 Å². The van der Waals surface area contributed by atoms with Crippen molar-refractivity contribution in [2.24, 2.45) is 0 Å². The van der Waals surface area contributed by atoms with Gasteiger partial charge in [-0.15, -0.1) is 0 Å². The van der Waals surface area contributed by atoms with E-state index in [1.807, 2.05) is 37.3 Å². The zero-order valence-corrected chi connectivity index (χ0v) is 12.9. The van der Waals surface area contributed by atoms with Gasteiger partial charge < -0.3 is 14.7 Å². The van der Waals surface area contributed by atoms with Gasteiger partial charge in [-0.3, -0.25) is 0 Å². The molecule has 1 aromatic carbocycles. The molecule has 0 aliphatic heterocycles. The summed E-state index contributed by atoms with van der Waals surface area (Å²) in [7, 11) is 1.72. The summed E-state index contributed by atoms with van der Waals surface area (Å²) in [4.78, 5) is 13.7. The molecule has 0 atom stereocenters. The third-order valence-corrected chi connectivity index (χ3v) is 3.25. The molecular formula is C16H21N3O2. The summed E-state index contributed by atoms with van der Waals surface area (Å²) < 4.78 is 4.99. The zero-order valence-electron chi connectivity index (χ0n) is 12.9. The summed E-state index contributed by atoms with van der Waals surface area (Å²) >= 11 is 0. The van der Waals surface area contributed by atoms with E-state index in [0.29, 0.717) is 12.5 Å². The van der Waals surface area contributed by atoms with Crippen LogP contribution in [0.2, 0.25) is 0 Å². The Balaban J connectivity index is 1.93. The van der Waals surface area contributed by atoms with Crippen molar-refractivity contribution in [2.45, 2.75) is 33.2 Å². The van der Waals surface area contributed by atoms with Crippen LogP contribution in [0.5, 0.6) is 0 Å². The lowest BCUT2D eigenvalue weighted by atomic mass is 10.0. The molecule has 0 radical (unpaired) electrons. The Hall–Kier alpha value is -2.30. The minimum atomic E-state index is -0.173. The Kier molecular flexibility index (Phi) is 4.62. The minimum absolute atomic E-state index is 0.173. The first kappa shape index (κ1) is 15.1. The lowest BCUT2D eigenvalue weighted by molar-refractivity contribution is 0.219. The van der Waals surface area contributed by atoms with E-state index in [9.17, 15) is 4.79 Å². The number of benzene rings is 1. The van der Waals surface area contributed by atoms with Gasteiger partial charge in [0.2, 0.25) is 0 Å². The van der Waals surface area contributed by atoms with Crippen molar-refractivity contribution in [1.82, 2.24) is 10.1 Å². The van der Waals surface area contributed by atoms with Crippen molar-refractivity contribution >= 4 is 11.7 Å². The van der Waals surface area contributed by atoms with E-state index in [2.05, 4.69) is 24.3 Å². The molecule has 0 aliphatic carbocycles. The molecule has 0 spiro atoms. The Morgan fingerprint density at radius 1 is 1.33 bits per heavy atom. The number of carbonyl (C=O) groups excluding carboxylic acids is 1. The molecule has 1 heterocycles. The highest BCUT2D eigenvalue weighted by molar-refractivity contribution is 5.89. The average molecular weight is 287 g/mol. The van der Waals surface area contributed by atoms with Crippen molar-refractivity contribution in [2.75, 3.05) is 12.4 Å². The molecule has 2 amide bonds. The Morgan fingerprint density at radius 2 is 2.00 bits per heavy atom. The summed E-state index contributed by atoms with van der Waals surface area (Å²) in [5, 5.41) is 6.74. The van der Waals surface area contributed by atoms with Crippen LogP contribution in [0.15, 0.2) is 34.9 Å². The van der Waals surface area contributed by atoms with Gasteiger partial charge in [-0.1, -0.05) is 31.1 Å². The number of aromatic nitrogens is 1. The number of rotatable bonds is 4. The molecule has 0 fully saturated rings.